The van der Waals surface area contributed by atoms with E-state index in [9.17, 15) is 4.79 Å². The van der Waals surface area contributed by atoms with Crippen LogP contribution < -0.4 is 10.6 Å². The van der Waals surface area contributed by atoms with Crippen LogP contribution in [0.5, 0.6) is 0 Å². The van der Waals surface area contributed by atoms with E-state index >= 15 is 0 Å². The minimum absolute atomic E-state index is 0. The van der Waals surface area contributed by atoms with E-state index in [1.165, 1.54) is 0 Å². The van der Waals surface area contributed by atoms with Gasteiger partial charge in [0.25, 0.3) is 0 Å². The molecule has 2 heterocycles. The fraction of sp³-hybridized carbons (Fsp3) is 0.400. The Morgan fingerprint density at radius 3 is 2.52 bits per heavy atom. The Bertz CT molecular complexity index is 613. The zero-order valence-electron chi connectivity index (χ0n) is 13.5. The standard InChI is InChI=1S/C15H21N5O.2ClH/c1-11-8-12(2)20(19-11)14-5-4-13(9-17-14)10-18-15(21)6-7-16-3;;/h4-5,8-9,16H,6-7,10H2,1-3H3,(H,18,21);2*1H. The van der Waals surface area contributed by atoms with Crippen molar-refractivity contribution in [2.75, 3.05) is 13.6 Å². The Labute approximate surface area is 148 Å². The molecule has 2 aromatic rings. The van der Waals surface area contributed by atoms with E-state index < -0.39 is 0 Å². The number of rotatable bonds is 6. The zero-order chi connectivity index (χ0) is 15.2. The van der Waals surface area contributed by atoms with E-state index in [-0.39, 0.29) is 30.7 Å². The number of hydrogen-bond acceptors (Lipinski definition) is 4. The van der Waals surface area contributed by atoms with E-state index in [4.69, 9.17) is 0 Å². The maximum atomic E-state index is 11.5. The van der Waals surface area contributed by atoms with Gasteiger partial charge in [0.15, 0.2) is 5.82 Å². The van der Waals surface area contributed by atoms with Crippen molar-refractivity contribution in [1.29, 1.82) is 0 Å². The highest BCUT2D eigenvalue weighted by molar-refractivity contribution is 5.85. The van der Waals surface area contributed by atoms with Crippen LogP contribution in [-0.4, -0.2) is 34.3 Å². The quantitative estimate of drug-likeness (QED) is 0.826. The molecule has 0 bridgehead atoms. The highest BCUT2D eigenvalue weighted by Crippen LogP contribution is 2.10. The summed E-state index contributed by atoms with van der Waals surface area (Å²) in [4.78, 5) is 15.9. The molecule has 0 atom stereocenters. The number of nitrogens with zero attached hydrogens (tertiary/aromatic N) is 3. The van der Waals surface area contributed by atoms with Gasteiger partial charge in [-0.1, -0.05) is 6.07 Å². The summed E-state index contributed by atoms with van der Waals surface area (Å²) in [5.74, 6) is 0.817. The molecule has 2 aromatic heterocycles. The minimum atomic E-state index is 0. The van der Waals surface area contributed by atoms with Gasteiger partial charge < -0.3 is 10.6 Å². The van der Waals surface area contributed by atoms with Gasteiger partial charge in [0.1, 0.15) is 0 Å². The Balaban J connectivity index is 0.00000242. The highest BCUT2D eigenvalue weighted by atomic mass is 35.5. The molecule has 0 fully saturated rings. The molecule has 0 radical (unpaired) electrons. The van der Waals surface area contributed by atoms with E-state index in [2.05, 4.69) is 20.7 Å². The van der Waals surface area contributed by atoms with Crippen LogP contribution in [0.2, 0.25) is 0 Å². The van der Waals surface area contributed by atoms with Crippen LogP contribution in [-0.2, 0) is 11.3 Å². The van der Waals surface area contributed by atoms with Gasteiger partial charge in [0, 0.05) is 31.4 Å². The van der Waals surface area contributed by atoms with Crippen LogP contribution in [0.25, 0.3) is 5.82 Å². The van der Waals surface area contributed by atoms with Gasteiger partial charge in [-0.15, -0.1) is 24.8 Å². The number of pyridine rings is 1. The van der Waals surface area contributed by atoms with Crippen molar-refractivity contribution in [2.45, 2.75) is 26.8 Å². The van der Waals surface area contributed by atoms with Crippen molar-refractivity contribution in [3.8, 4) is 5.82 Å². The number of carbonyl (C=O) groups is 1. The first kappa shape index (κ1) is 21.4. The number of aryl methyl sites for hydroxylation is 2. The third-order valence-corrected chi connectivity index (χ3v) is 3.13. The lowest BCUT2D eigenvalue weighted by molar-refractivity contribution is -0.121. The second kappa shape index (κ2) is 10.2. The number of aromatic nitrogens is 3. The van der Waals surface area contributed by atoms with Crippen molar-refractivity contribution in [2.24, 2.45) is 0 Å². The van der Waals surface area contributed by atoms with Crippen LogP contribution in [0.4, 0.5) is 0 Å². The molecule has 1 amide bonds. The van der Waals surface area contributed by atoms with Crippen LogP contribution >= 0.6 is 24.8 Å². The van der Waals surface area contributed by atoms with E-state index in [1.807, 2.05) is 43.8 Å². The highest BCUT2D eigenvalue weighted by Gasteiger charge is 2.05. The molecular weight excluding hydrogens is 337 g/mol. The number of amides is 1. The molecule has 0 spiro atoms. The lowest BCUT2D eigenvalue weighted by Crippen LogP contribution is -2.26. The number of hydrogen-bond donors (Lipinski definition) is 2. The van der Waals surface area contributed by atoms with Crippen molar-refractivity contribution in [3.63, 3.8) is 0 Å². The Hall–Kier alpha value is -1.63. The van der Waals surface area contributed by atoms with Crippen LogP contribution in [0.3, 0.4) is 0 Å². The average Bonchev–Trinajstić information content (AvgIpc) is 2.82. The van der Waals surface area contributed by atoms with Crippen molar-refractivity contribution in [3.05, 3.63) is 41.3 Å². The van der Waals surface area contributed by atoms with Gasteiger partial charge in [-0.3, -0.25) is 4.79 Å². The zero-order valence-corrected chi connectivity index (χ0v) is 15.1. The first-order chi connectivity index (χ1) is 10.1. The van der Waals surface area contributed by atoms with Gasteiger partial charge in [-0.25, -0.2) is 9.67 Å². The Kier molecular flexibility index (Phi) is 9.48. The summed E-state index contributed by atoms with van der Waals surface area (Å²) in [7, 11) is 1.83. The molecule has 2 rings (SSSR count). The molecule has 128 valence electrons. The third kappa shape index (κ3) is 6.17. The minimum Gasteiger partial charge on any atom is -0.352 e. The first-order valence-corrected chi connectivity index (χ1v) is 7.00. The Morgan fingerprint density at radius 1 is 1.26 bits per heavy atom. The lowest BCUT2D eigenvalue weighted by atomic mass is 10.2. The summed E-state index contributed by atoms with van der Waals surface area (Å²) < 4.78 is 1.81. The number of carbonyl (C=O) groups excluding carboxylic acids is 1. The summed E-state index contributed by atoms with van der Waals surface area (Å²) in [6.45, 7) is 5.13. The summed E-state index contributed by atoms with van der Waals surface area (Å²) >= 11 is 0. The fourth-order valence-electron chi connectivity index (χ4n) is 2.03. The predicted molar refractivity (Wildman–Crippen MR) is 95.7 cm³/mol. The summed E-state index contributed by atoms with van der Waals surface area (Å²) in [6.07, 6.45) is 2.25. The summed E-state index contributed by atoms with van der Waals surface area (Å²) in [6, 6.07) is 5.88. The fourth-order valence-corrected chi connectivity index (χ4v) is 2.03. The van der Waals surface area contributed by atoms with Crippen LogP contribution in [0.15, 0.2) is 24.4 Å². The molecule has 0 aliphatic heterocycles. The smallest absolute Gasteiger partial charge is 0.221 e. The second-order valence-electron chi connectivity index (χ2n) is 4.99. The first-order valence-electron chi connectivity index (χ1n) is 7.00. The topological polar surface area (TPSA) is 71.8 Å². The van der Waals surface area contributed by atoms with Crippen LogP contribution in [0.1, 0.15) is 23.4 Å². The van der Waals surface area contributed by atoms with Gasteiger partial charge in [0.05, 0.1) is 5.69 Å². The normalized spacial score (nSPS) is 9.70. The molecule has 0 aromatic carbocycles. The molecule has 23 heavy (non-hydrogen) atoms. The molecule has 0 aliphatic rings. The number of nitrogens with one attached hydrogen (secondary N) is 2. The summed E-state index contributed by atoms with van der Waals surface area (Å²) in [5, 5.41) is 10.2. The maximum absolute atomic E-state index is 11.5. The average molecular weight is 360 g/mol. The Morgan fingerprint density at radius 2 is 2.00 bits per heavy atom. The van der Waals surface area contributed by atoms with Crippen molar-refractivity contribution < 1.29 is 4.79 Å². The lowest BCUT2D eigenvalue weighted by Gasteiger charge is -2.07. The molecule has 0 unspecified atom stereocenters. The van der Waals surface area contributed by atoms with Crippen LogP contribution in [0, 0.1) is 13.8 Å². The molecule has 0 saturated heterocycles. The van der Waals surface area contributed by atoms with Crippen molar-refractivity contribution in [1.82, 2.24) is 25.4 Å². The second-order valence-corrected chi connectivity index (χ2v) is 4.99. The monoisotopic (exact) mass is 359 g/mol. The molecule has 6 nitrogen and oxygen atoms in total. The maximum Gasteiger partial charge on any atom is 0.221 e. The molecule has 0 saturated carbocycles. The van der Waals surface area contributed by atoms with E-state index in [0.29, 0.717) is 19.5 Å². The van der Waals surface area contributed by atoms with E-state index in [0.717, 1.165) is 22.8 Å². The molecular formula is C15H23Cl2N5O. The molecule has 2 N–H and O–H groups in total. The van der Waals surface area contributed by atoms with Gasteiger partial charge >= 0.3 is 0 Å². The van der Waals surface area contributed by atoms with Gasteiger partial charge in [0.2, 0.25) is 5.91 Å². The van der Waals surface area contributed by atoms with Crippen molar-refractivity contribution >= 4 is 30.7 Å². The van der Waals surface area contributed by atoms with E-state index in [1.54, 1.807) is 6.20 Å². The molecule has 8 heteroatoms. The molecule has 0 aliphatic carbocycles. The third-order valence-electron chi connectivity index (χ3n) is 3.13. The number of halogens is 2. The predicted octanol–water partition coefficient (Wildman–Crippen LogP) is 1.95. The van der Waals surface area contributed by atoms with Gasteiger partial charge in [-0.05, 0) is 38.6 Å². The largest absolute Gasteiger partial charge is 0.352 e. The summed E-state index contributed by atoms with van der Waals surface area (Å²) in [5.41, 5.74) is 2.99. The van der Waals surface area contributed by atoms with Gasteiger partial charge in [-0.2, -0.15) is 5.10 Å². The SMILES string of the molecule is CNCCC(=O)NCc1ccc(-n2nc(C)cc2C)nc1.Cl.Cl.